The van der Waals surface area contributed by atoms with Gasteiger partial charge >= 0.3 is 5.97 Å². The van der Waals surface area contributed by atoms with Crippen LogP contribution >= 0.6 is 0 Å². The van der Waals surface area contributed by atoms with Crippen molar-refractivity contribution in [3.05, 3.63) is 35.9 Å². The van der Waals surface area contributed by atoms with E-state index in [4.69, 9.17) is 9.84 Å². The molecule has 0 radical (unpaired) electrons. The van der Waals surface area contributed by atoms with E-state index in [0.29, 0.717) is 5.88 Å². The second-order valence-corrected chi connectivity index (χ2v) is 3.63. The van der Waals surface area contributed by atoms with Crippen molar-refractivity contribution in [3.63, 3.8) is 0 Å². The van der Waals surface area contributed by atoms with Crippen LogP contribution in [0.5, 0.6) is 5.88 Å². The Bertz CT molecular complexity index is 653. The molecule has 0 atom stereocenters. The molecule has 0 aliphatic heterocycles. The molecule has 1 aromatic heterocycles. The highest BCUT2D eigenvalue weighted by atomic mass is 16.5. The molecule has 0 fully saturated rings. The normalized spacial score (nSPS) is 9.61. The molecule has 0 aliphatic carbocycles. The van der Waals surface area contributed by atoms with Crippen LogP contribution in [-0.2, 0) is 4.79 Å². The zero-order valence-electron chi connectivity index (χ0n) is 9.80. The number of ether oxygens (including phenoxy) is 1. The number of pyridine rings is 1. The van der Waals surface area contributed by atoms with Crippen LogP contribution in [0.1, 0.15) is 12.0 Å². The number of carboxylic acid groups (broad SMARTS) is 1. The first-order valence-electron chi connectivity index (χ1n) is 5.34. The van der Waals surface area contributed by atoms with E-state index in [2.05, 4.69) is 16.8 Å². The van der Waals surface area contributed by atoms with Crippen LogP contribution in [0.2, 0.25) is 0 Å². The van der Waals surface area contributed by atoms with E-state index in [-0.39, 0.29) is 6.42 Å². The van der Waals surface area contributed by atoms with E-state index in [1.807, 2.05) is 24.3 Å². The SMILES string of the molecule is COc1ccc2cc(C#CCC(=O)O)ccc2n1. The molecule has 0 saturated heterocycles. The molecule has 0 amide bonds. The number of hydrogen-bond donors (Lipinski definition) is 1. The topological polar surface area (TPSA) is 59.4 Å². The van der Waals surface area contributed by atoms with Crippen LogP contribution in [-0.4, -0.2) is 23.2 Å². The first-order valence-corrected chi connectivity index (χ1v) is 5.34. The fourth-order valence-electron chi connectivity index (χ4n) is 1.52. The average Bonchev–Trinajstić information content (AvgIpc) is 2.37. The summed E-state index contributed by atoms with van der Waals surface area (Å²) < 4.78 is 5.04. The maximum Gasteiger partial charge on any atom is 0.315 e. The molecule has 1 heterocycles. The van der Waals surface area contributed by atoms with E-state index in [0.717, 1.165) is 16.5 Å². The first kappa shape index (κ1) is 11.9. The molecule has 1 N–H and O–H groups in total. The lowest BCUT2D eigenvalue weighted by molar-refractivity contribution is -0.135. The smallest absolute Gasteiger partial charge is 0.315 e. The number of carbonyl (C=O) groups is 1. The van der Waals surface area contributed by atoms with Gasteiger partial charge in [-0.1, -0.05) is 11.8 Å². The molecule has 0 aliphatic rings. The number of fused-ring (bicyclic) bond motifs is 1. The second-order valence-electron chi connectivity index (χ2n) is 3.63. The van der Waals surface area contributed by atoms with Gasteiger partial charge in [0, 0.05) is 17.0 Å². The highest BCUT2D eigenvalue weighted by Crippen LogP contribution is 2.17. The standard InChI is InChI=1S/C14H11NO3/c1-18-13-8-6-11-9-10(3-2-4-14(16)17)5-7-12(11)15-13/h5-9H,4H2,1H3,(H,16,17). The zero-order chi connectivity index (χ0) is 13.0. The number of methoxy groups -OCH3 is 1. The third-order valence-electron chi connectivity index (χ3n) is 2.35. The zero-order valence-corrected chi connectivity index (χ0v) is 9.80. The molecule has 0 bridgehead atoms. The van der Waals surface area contributed by atoms with Gasteiger partial charge in [-0.2, -0.15) is 0 Å². The lowest BCUT2D eigenvalue weighted by atomic mass is 10.1. The summed E-state index contributed by atoms with van der Waals surface area (Å²) in [6.07, 6.45) is -0.154. The number of nitrogens with zero attached hydrogens (tertiary/aromatic N) is 1. The number of aliphatic carboxylic acids is 1. The summed E-state index contributed by atoms with van der Waals surface area (Å²) in [7, 11) is 1.57. The van der Waals surface area contributed by atoms with Gasteiger partial charge in [0.1, 0.15) is 6.42 Å². The Labute approximate surface area is 104 Å². The highest BCUT2D eigenvalue weighted by molar-refractivity contribution is 5.80. The number of hydrogen-bond acceptors (Lipinski definition) is 3. The lowest BCUT2D eigenvalue weighted by Gasteiger charge is -2.01. The van der Waals surface area contributed by atoms with Crippen molar-refractivity contribution in [2.24, 2.45) is 0 Å². The van der Waals surface area contributed by atoms with Crippen molar-refractivity contribution in [2.45, 2.75) is 6.42 Å². The molecule has 0 unspecified atom stereocenters. The maximum atomic E-state index is 10.3. The molecular formula is C14H11NO3. The number of aromatic nitrogens is 1. The molecule has 4 heteroatoms. The van der Waals surface area contributed by atoms with Crippen LogP contribution in [0, 0.1) is 11.8 Å². The van der Waals surface area contributed by atoms with Gasteiger partial charge in [0.05, 0.1) is 12.6 Å². The fraction of sp³-hybridized carbons (Fsp3) is 0.143. The Morgan fingerprint density at radius 1 is 1.39 bits per heavy atom. The second kappa shape index (κ2) is 5.19. The molecule has 4 nitrogen and oxygen atoms in total. The van der Waals surface area contributed by atoms with E-state index in [1.54, 1.807) is 13.2 Å². The van der Waals surface area contributed by atoms with Crippen LogP contribution in [0.4, 0.5) is 0 Å². The van der Waals surface area contributed by atoms with Gasteiger partial charge in [-0.05, 0) is 24.3 Å². The largest absolute Gasteiger partial charge is 0.481 e. The van der Waals surface area contributed by atoms with Gasteiger partial charge in [-0.25, -0.2) is 4.98 Å². The molecule has 0 spiro atoms. The summed E-state index contributed by atoms with van der Waals surface area (Å²) in [5.41, 5.74) is 1.59. The predicted molar refractivity (Wildman–Crippen MR) is 67.4 cm³/mol. The van der Waals surface area contributed by atoms with Gasteiger partial charge in [0.2, 0.25) is 5.88 Å². The lowest BCUT2D eigenvalue weighted by Crippen LogP contribution is -1.90. The Balaban J connectivity index is 2.32. The predicted octanol–water partition coefficient (Wildman–Crippen LogP) is 2.07. The Kier molecular flexibility index (Phi) is 3.44. The summed E-state index contributed by atoms with van der Waals surface area (Å²) in [5.74, 6) is 5.04. The minimum atomic E-state index is -0.922. The minimum absolute atomic E-state index is 0.154. The van der Waals surface area contributed by atoms with Gasteiger partial charge in [0.25, 0.3) is 0 Å². The number of benzene rings is 1. The van der Waals surface area contributed by atoms with E-state index in [9.17, 15) is 4.79 Å². The molecular weight excluding hydrogens is 230 g/mol. The van der Waals surface area contributed by atoms with Gasteiger partial charge in [-0.15, -0.1) is 0 Å². The van der Waals surface area contributed by atoms with Crippen molar-refractivity contribution < 1.29 is 14.6 Å². The summed E-state index contributed by atoms with van der Waals surface area (Å²) in [6.45, 7) is 0. The average molecular weight is 241 g/mol. The first-order chi connectivity index (χ1) is 8.69. The van der Waals surface area contributed by atoms with Crippen molar-refractivity contribution in [3.8, 4) is 17.7 Å². The van der Waals surface area contributed by atoms with E-state index < -0.39 is 5.97 Å². The van der Waals surface area contributed by atoms with Crippen LogP contribution in [0.3, 0.4) is 0 Å². The Hall–Kier alpha value is -2.54. The van der Waals surface area contributed by atoms with E-state index in [1.165, 1.54) is 0 Å². The summed E-state index contributed by atoms with van der Waals surface area (Å²) >= 11 is 0. The maximum absolute atomic E-state index is 10.3. The Morgan fingerprint density at radius 2 is 2.22 bits per heavy atom. The molecule has 2 aromatic rings. The molecule has 90 valence electrons. The Morgan fingerprint density at radius 3 is 2.94 bits per heavy atom. The van der Waals surface area contributed by atoms with Crippen LogP contribution in [0.15, 0.2) is 30.3 Å². The highest BCUT2D eigenvalue weighted by Gasteiger charge is 1.98. The van der Waals surface area contributed by atoms with Crippen LogP contribution in [0.25, 0.3) is 10.9 Å². The summed E-state index contributed by atoms with van der Waals surface area (Å²) in [4.78, 5) is 14.6. The summed E-state index contributed by atoms with van der Waals surface area (Å²) in [6, 6.07) is 9.18. The van der Waals surface area contributed by atoms with Crippen molar-refractivity contribution in [1.82, 2.24) is 4.98 Å². The van der Waals surface area contributed by atoms with E-state index >= 15 is 0 Å². The van der Waals surface area contributed by atoms with Crippen LogP contribution < -0.4 is 4.74 Å². The van der Waals surface area contributed by atoms with Crippen molar-refractivity contribution >= 4 is 16.9 Å². The fourth-order valence-corrected chi connectivity index (χ4v) is 1.52. The number of carboxylic acids is 1. The molecule has 0 saturated carbocycles. The third kappa shape index (κ3) is 2.77. The van der Waals surface area contributed by atoms with Gasteiger partial charge < -0.3 is 9.84 Å². The summed E-state index contributed by atoms with van der Waals surface area (Å²) in [5, 5.41) is 9.44. The van der Waals surface area contributed by atoms with Gasteiger partial charge in [-0.3, -0.25) is 4.79 Å². The monoisotopic (exact) mass is 241 g/mol. The van der Waals surface area contributed by atoms with Gasteiger partial charge in [0.15, 0.2) is 0 Å². The molecule has 18 heavy (non-hydrogen) atoms. The molecule has 1 aromatic carbocycles. The third-order valence-corrected chi connectivity index (χ3v) is 2.35. The quantitative estimate of drug-likeness (QED) is 0.818. The number of rotatable bonds is 2. The van der Waals surface area contributed by atoms with Crippen molar-refractivity contribution in [1.29, 1.82) is 0 Å². The minimum Gasteiger partial charge on any atom is -0.481 e. The molecule has 2 rings (SSSR count). The van der Waals surface area contributed by atoms with Crippen molar-refractivity contribution in [2.75, 3.05) is 7.11 Å².